The first kappa shape index (κ1) is 11.3. The molecule has 0 bridgehead atoms. The van der Waals surface area contributed by atoms with E-state index in [1.165, 1.54) is 5.56 Å². The molecule has 1 aromatic carbocycles. The molecule has 0 amide bonds. The van der Waals surface area contributed by atoms with E-state index in [4.69, 9.17) is 0 Å². The molecule has 0 spiro atoms. The molecule has 86 valence electrons. The highest BCUT2D eigenvalue weighted by molar-refractivity contribution is 5.98. The van der Waals surface area contributed by atoms with Gasteiger partial charge in [-0.3, -0.25) is 9.59 Å². The van der Waals surface area contributed by atoms with Gasteiger partial charge in [-0.1, -0.05) is 29.8 Å². The molecular weight excluding hydrogens is 214 g/mol. The second-order valence-corrected chi connectivity index (χ2v) is 4.05. The fourth-order valence-electron chi connectivity index (χ4n) is 1.63. The van der Waals surface area contributed by atoms with Crippen molar-refractivity contribution in [3.05, 3.63) is 58.9 Å². The minimum atomic E-state index is 0.0122. The summed E-state index contributed by atoms with van der Waals surface area (Å²) in [5.41, 5.74) is 3.13. The van der Waals surface area contributed by atoms with Crippen LogP contribution in [0.15, 0.2) is 36.5 Å². The SMILES string of the molecule is Cc1ccc(CC(=O)c2c[nH]c(C=O)c2)cc1. The summed E-state index contributed by atoms with van der Waals surface area (Å²) in [5.74, 6) is 0.0122. The predicted octanol–water partition coefficient (Wildman–Crippen LogP) is 2.56. The summed E-state index contributed by atoms with van der Waals surface area (Å²) in [7, 11) is 0. The van der Waals surface area contributed by atoms with Crippen LogP contribution in [-0.4, -0.2) is 17.1 Å². The molecule has 0 atom stereocenters. The highest BCUT2D eigenvalue weighted by Gasteiger charge is 2.09. The third kappa shape index (κ3) is 2.69. The number of aldehydes is 1. The van der Waals surface area contributed by atoms with Crippen LogP contribution in [0.5, 0.6) is 0 Å². The Morgan fingerprint density at radius 2 is 2.00 bits per heavy atom. The topological polar surface area (TPSA) is 49.9 Å². The van der Waals surface area contributed by atoms with Crippen LogP contribution in [0.25, 0.3) is 0 Å². The maximum Gasteiger partial charge on any atom is 0.168 e. The highest BCUT2D eigenvalue weighted by atomic mass is 16.1. The number of rotatable bonds is 4. The van der Waals surface area contributed by atoms with E-state index < -0.39 is 0 Å². The van der Waals surface area contributed by atoms with E-state index in [-0.39, 0.29) is 5.78 Å². The van der Waals surface area contributed by atoms with Crippen LogP contribution in [0.4, 0.5) is 0 Å². The van der Waals surface area contributed by atoms with E-state index in [2.05, 4.69) is 4.98 Å². The number of hydrogen-bond donors (Lipinski definition) is 1. The number of Topliss-reactive ketones (excluding diaryl/α,β-unsaturated/α-hetero) is 1. The van der Waals surface area contributed by atoms with Gasteiger partial charge in [-0.2, -0.15) is 0 Å². The van der Waals surface area contributed by atoms with Gasteiger partial charge in [0.2, 0.25) is 0 Å². The van der Waals surface area contributed by atoms with Gasteiger partial charge in [0.05, 0.1) is 5.69 Å². The Hall–Kier alpha value is -2.16. The lowest BCUT2D eigenvalue weighted by Crippen LogP contribution is -2.01. The summed E-state index contributed by atoms with van der Waals surface area (Å²) < 4.78 is 0. The molecule has 2 rings (SSSR count). The molecule has 3 nitrogen and oxygen atoms in total. The Morgan fingerprint density at radius 3 is 2.59 bits per heavy atom. The van der Waals surface area contributed by atoms with Crippen molar-refractivity contribution in [3.8, 4) is 0 Å². The van der Waals surface area contributed by atoms with Crippen molar-refractivity contribution < 1.29 is 9.59 Å². The Kier molecular flexibility index (Phi) is 3.19. The summed E-state index contributed by atoms with van der Waals surface area (Å²) in [5, 5.41) is 0. The fraction of sp³-hybridized carbons (Fsp3) is 0.143. The second-order valence-electron chi connectivity index (χ2n) is 4.05. The zero-order valence-electron chi connectivity index (χ0n) is 9.57. The number of benzene rings is 1. The molecule has 1 N–H and O–H groups in total. The van der Waals surface area contributed by atoms with Crippen molar-refractivity contribution in [2.24, 2.45) is 0 Å². The van der Waals surface area contributed by atoms with Crippen LogP contribution < -0.4 is 0 Å². The van der Waals surface area contributed by atoms with Gasteiger partial charge >= 0.3 is 0 Å². The molecule has 0 saturated carbocycles. The summed E-state index contributed by atoms with van der Waals surface area (Å²) in [6.45, 7) is 2.01. The first-order valence-electron chi connectivity index (χ1n) is 5.41. The van der Waals surface area contributed by atoms with Crippen LogP contribution in [0.2, 0.25) is 0 Å². The zero-order valence-corrected chi connectivity index (χ0v) is 9.57. The molecule has 0 aliphatic carbocycles. The summed E-state index contributed by atoms with van der Waals surface area (Å²) in [6, 6.07) is 9.43. The van der Waals surface area contributed by atoms with Crippen molar-refractivity contribution in [2.75, 3.05) is 0 Å². The van der Waals surface area contributed by atoms with Crippen LogP contribution in [0.1, 0.15) is 32.0 Å². The van der Waals surface area contributed by atoms with Crippen molar-refractivity contribution in [2.45, 2.75) is 13.3 Å². The molecule has 0 radical (unpaired) electrons. The largest absolute Gasteiger partial charge is 0.358 e. The molecule has 17 heavy (non-hydrogen) atoms. The maximum atomic E-state index is 11.9. The second kappa shape index (κ2) is 4.78. The van der Waals surface area contributed by atoms with E-state index in [0.29, 0.717) is 24.0 Å². The first-order valence-corrected chi connectivity index (χ1v) is 5.41. The van der Waals surface area contributed by atoms with Crippen LogP contribution >= 0.6 is 0 Å². The Balaban J connectivity index is 2.11. The van der Waals surface area contributed by atoms with E-state index in [9.17, 15) is 9.59 Å². The Labute approximate surface area is 99.5 Å². The summed E-state index contributed by atoms with van der Waals surface area (Å²) in [6.07, 6.45) is 2.62. The molecule has 0 aliphatic rings. The van der Waals surface area contributed by atoms with Crippen molar-refractivity contribution in [1.29, 1.82) is 0 Å². The van der Waals surface area contributed by atoms with Gasteiger partial charge in [0, 0.05) is 18.2 Å². The van der Waals surface area contributed by atoms with E-state index >= 15 is 0 Å². The van der Waals surface area contributed by atoms with Gasteiger partial charge in [0.15, 0.2) is 12.1 Å². The summed E-state index contributed by atoms with van der Waals surface area (Å²) >= 11 is 0. The highest BCUT2D eigenvalue weighted by Crippen LogP contribution is 2.09. The lowest BCUT2D eigenvalue weighted by Gasteiger charge is -1.99. The zero-order chi connectivity index (χ0) is 12.3. The minimum absolute atomic E-state index is 0.0122. The van der Waals surface area contributed by atoms with Crippen LogP contribution in [-0.2, 0) is 6.42 Å². The molecule has 1 aromatic heterocycles. The third-order valence-electron chi connectivity index (χ3n) is 2.64. The van der Waals surface area contributed by atoms with Gasteiger partial charge in [-0.15, -0.1) is 0 Å². The van der Waals surface area contributed by atoms with Crippen LogP contribution in [0.3, 0.4) is 0 Å². The van der Waals surface area contributed by atoms with Gasteiger partial charge in [0.25, 0.3) is 0 Å². The quantitative estimate of drug-likeness (QED) is 0.644. The molecule has 0 unspecified atom stereocenters. The molecule has 0 aliphatic heterocycles. The molecule has 3 heteroatoms. The number of carbonyl (C=O) groups is 2. The molecular formula is C14H13NO2. The molecule has 1 heterocycles. The van der Waals surface area contributed by atoms with Crippen LogP contribution in [0, 0.1) is 6.92 Å². The molecule has 0 fully saturated rings. The number of aromatic nitrogens is 1. The van der Waals surface area contributed by atoms with E-state index in [1.807, 2.05) is 31.2 Å². The Morgan fingerprint density at radius 1 is 1.29 bits per heavy atom. The lowest BCUT2D eigenvalue weighted by atomic mass is 10.0. The van der Waals surface area contributed by atoms with Crippen molar-refractivity contribution in [1.82, 2.24) is 4.98 Å². The number of carbonyl (C=O) groups excluding carboxylic acids is 2. The predicted molar refractivity (Wildman–Crippen MR) is 65.4 cm³/mol. The smallest absolute Gasteiger partial charge is 0.168 e. The number of nitrogens with one attached hydrogen (secondary N) is 1. The molecule has 0 saturated heterocycles. The fourth-order valence-corrected chi connectivity index (χ4v) is 1.63. The van der Waals surface area contributed by atoms with Gasteiger partial charge < -0.3 is 4.98 Å². The normalized spacial score (nSPS) is 10.2. The lowest BCUT2D eigenvalue weighted by molar-refractivity contribution is 0.0993. The average molecular weight is 227 g/mol. The van der Waals surface area contributed by atoms with Gasteiger partial charge in [-0.05, 0) is 18.6 Å². The standard InChI is InChI=1S/C14H13NO2/c1-10-2-4-11(5-3-10)6-14(17)12-7-13(9-16)15-8-12/h2-5,7-9,15H,6H2,1H3. The number of ketones is 1. The van der Waals surface area contributed by atoms with E-state index in [0.717, 1.165) is 5.56 Å². The third-order valence-corrected chi connectivity index (χ3v) is 2.64. The maximum absolute atomic E-state index is 11.9. The Bertz CT molecular complexity index is 538. The first-order chi connectivity index (χ1) is 8.19. The van der Waals surface area contributed by atoms with Gasteiger partial charge in [0.1, 0.15) is 0 Å². The minimum Gasteiger partial charge on any atom is -0.358 e. The number of hydrogen-bond acceptors (Lipinski definition) is 2. The van der Waals surface area contributed by atoms with Crippen molar-refractivity contribution in [3.63, 3.8) is 0 Å². The van der Waals surface area contributed by atoms with Gasteiger partial charge in [-0.25, -0.2) is 0 Å². The monoisotopic (exact) mass is 227 g/mol. The van der Waals surface area contributed by atoms with E-state index in [1.54, 1.807) is 12.3 Å². The summed E-state index contributed by atoms with van der Waals surface area (Å²) in [4.78, 5) is 25.1. The number of H-pyrrole nitrogens is 1. The number of aromatic amines is 1. The van der Waals surface area contributed by atoms with Crippen molar-refractivity contribution >= 4 is 12.1 Å². The molecule has 2 aromatic rings. The number of aryl methyl sites for hydroxylation is 1. The average Bonchev–Trinajstić information content (AvgIpc) is 2.81.